The summed E-state index contributed by atoms with van der Waals surface area (Å²) >= 11 is 0. The van der Waals surface area contributed by atoms with E-state index in [1.54, 1.807) is 0 Å². The summed E-state index contributed by atoms with van der Waals surface area (Å²) in [5.41, 5.74) is 0.289. The Morgan fingerprint density at radius 2 is 1.77 bits per heavy atom. The lowest BCUT2D eigenvalue weighted by Gasteiger charge is -2.26. The molecule has 1 N–H and O–H groups in total. The Morgan fingerprint density at radius 3 is 2.08 bits per heavy atom. The van der Waals surface area contributed by atoms with Crippen LogP contribution in [0.15, 0.2) is 0 Å². The number of nitrogens with one attached hydrogen (secondary N) is 1. The van der Waals surface area contributed by atoms with E-state index >= 15 is 0 Å². The fraction of sp³-hybridized carbons (Fsp3) is 0.889. The standard InChI is InChI=1S/C9H19N2OP/c1-8(2)13(12,9(3)4)11-7-5-6-10/h8-9H,5,7H2,1-4H3,(H,11,12). The molecule has 0 unspecified atom stereocenters. The van der Waals surface area contributed by atoms with Crippen molar-refractivity contribution in [2.45, 2.75) is 45.4 Å². The summed E-state index contributed by atoms with van der Waals surface area (Å²) in [7, 11) is -2.29. The van der Waals surface area contributed by atoms with Gasteiger partial charge < -0.3 is 4.57 Å². The molecule has 0 amide bonds. The highest BCUT2D eigenvalue weighted by atomic mass is 31.2. The molecule has 0 aromatic carbocycles. The third-order valence-corrected chi connectivity index (χ3v) is 5.92. The van der Waals surface area contributed by atoms with Gasteiger partial charge in [0, 0.05) is 24.3 Å². The maximum Gasteiger partial charge on any atom is 0.152 e. The lowest BCUT2D eigenvalue weighted by molar-refractivity contribution is 0.549. The van der Waals surface area contributed by atoms with Gasteiger partial charge in [-0.1, -0.05) is 27.7 Å². The van der Waals surface area contributed by atoms with Crippen molar-refractivity contribution in [3.63, 3.8) is 0 Å². The molecule has 0 aromatic rings. The molecule has 0 aromatic heterocycles. The summed E-state index contributed by atoms with van der Waals surface area (Å²) in [6, 6.07) is 2.03. The second-order valence-corrected chi connectivity index (χ2v) is 7.51. The quantitative estimate of drug-likeness (QED) is 0.550. The molecule has 0 bridgehead atoms. The molecular formula is C9H19N2OP. The number of nitrogens with zero attached hydrogens (tertiary/aromatic N) is 1. The van der Waals surface area contributed by atoms with Gasteiger partial charge in [-0.05, 0) is 0 Å². The van der Waals surface area contributed by atoms with Crippen molar-refractivity contribution in [2.75, 3.05) is 6.54 Å². The topological polar surface area (TPSA) is 52.9 Å². The van der Waals surface area contributed by atoms with Crippen LogP contribution in [0.4, 0.5) is 0 Å². The van der Waals surface area contributed by atoms with Crippen LogP contribution in [0.25, 0.3) is 0 Å². The van der Waals surface area contributed by atoms with Crippen LogP contribution < -0.4 is 5.09 Å². The van der Waals surface area contributed by atoms with Gasteiger partial charge in [0.15, 0.2) is 7.29 Å². The molecule has 0 heterocycles. The van der Waals surface area contributed by atoms with Crippen LogP contribution >= 0.6 is 7.29 Å². The average Bonchev–Trinajstić information content (AvgIpc) is 2.03. The van der Waals surface area contributed by atoms with Crippen molar-refractivity contribution in [1.29, 1.82) is 5.26 Å². The largest absolute Gasteiger partial charge is 0.306 e. The molecule has 0 saturated carbocycles. The van der Waals surface area contributed by atoms with Gasteiger partial charge in [-0.25, -0.2) is 0 Å². The van der Waals surface area contributed by atoms with Crippen LogP contribution in [0, 0.1) is 11.3 Å². The molecule has 0 saturated heterocycles. The second kappa shape index (κ2) is 5.42. The third-order valence-electron chi connectivity index (χ3n) is 2.13. The van der Waals surface area contributed by atoms with E-state index in [4.69, 9.17) is 5.26 Å². The zero-order chi connectivity index (χ0) is 10.5. The van der Waals surface area contributed by atoms with E-state index in [1.807, 2.05) is 33.8 Å². The van der Waals surface area contributed by atoms with Crippen LogP contribution in [-0.2, 0) is 4.57 Å². The van der Waals surface area contributed by atoms with Gasteiger partial charge in [0.1, 0.15) is 0 Å². The van der Waals surface area contributed by atoms with Crippen LogP contribution in [-0.4, -0.2) is 17.9 Å². The van der Waals surface area contributed by atoms with Gasteiger partial charge >= 0.3 is 0 Å². The average molecular weight is 202 g/mol. The lowest BCUT2D eigenvalue weighted by Crippen LogP contribution is -2.23. The van der Waals surface area contributed by atoms with Crippen molar-refractivity contribution in [3.05, 3.63) is 0 Å². The molecule has 76 valence electrons. The van der Waals surface area contributed by atoms with E-state index in [0.717, 1.165) is 0 Å². The van der Waals surface area contributed by atoms with E-state index in [-0.39, 0.29) is 11.3 Å². The van der Waals surface area contributed by atoms with Crippen LogP contribution in [0.2, 0.25) is 0 Å². The van der Waals surface area contributed by atoms with Crippen LogP contribution in [0.3, 0.4) is 0 Å². The molecule has 0 radical (unpaired) electrons. The molecule has 0 rings (SSSR count). The summed E-state index contributed by atoms with van der Waals surface area (Å²) in [6.07, 6.45) is 0.420. The number of hydrogen-bond acceptors (Lipinski definition) is 2. The van der Waals surface area contributed by atoms with Crippen molar-refractivity contribution >= 4 is 7.29 Å². The molecule has 0 aliphatic carbocycles. The predicted molar refractivity (Wildman–Crippen MR) is 56.1 cm³/mol. The van der Waals surface area contributed by atoms with Gasteiger partial charge in [0.2, 0.25) is 0 Å². The first kappa shape index (κ1) is 12.7. The molecule has 0 aliphatic rings. The van der Waals surface area contributed by atoms with E-state index in [9.17, 15) is 4.57 Å². The Morgan fingerprint density at radius 1 is 1.31 bits per heavy atom. The monoisotopic (exact) mass is 202 g/mol. The van der Waals surface area contributed by atoms with E-state index in [1.165, 1.54) is 0 Å². The van der Waals surface area contributed by atoms with Gasteiger partial charge in [0.05, 0.1) is 6.07 Å². The third kappa shape index (κ3) is 3.50. The minimum absolute atomic E-state index is 0.145. The van der Waals surface area contributed by atoms with E-state index in [2.05, 4.69) is 5.09 Å². The number of nitriles is 1. The Balaban J connectivity index is 4.29. The fourth-order valence-electron chi connectivity index (χ4n) is 1.25. The van der Waals surface area contributed by atoms with Gasteiger partial charge in [0.25, 0.3) is 0 Å². The van der Waals surface area contributed by atoms with Crippen molar-refractivity contribution < 1.29 is 4.57 Å². The Bertz CT molecular complexity index is 218. The van der Waals surface area contributed by atoms with Crippen LogP contribution in [0.1, 0.15) is 34.1 Å². The smallest absolute Gasteiger partial charge is 0.152 e. The van der Waals surface area contributed by atoms with Crippen LogP contribution in [0.5, 0.6) is 0 Å². The SMILES string of the molecule is CC(C)P(=O)(NCCC#N)C(C)C. The number of hydrogen-bond donors (Lipinski definition) is 1. The summed E-state index contributed by atoms with van der Waals surface area (Å²) < 4.78 is 12.3. The van der Waals surface area contributed by atoms with Crippen molar-refractivity contribution in [1.82, 2.24) is 5.09 Å². The molecule has 0 fully saturated rings. The Labute approximate surface area is 80.9 Å². The zero-order valence-corrected chi connectivity index (χ0v) is 9.77. The molecule has 4 heteroatoms. The summed E-state index contributed by atoms with van der Waals surface area (Å²) in [6.45, 7) is 8.37. The van der Waals surface area contributed by atoms with Crippen molar-refractivity contribution in [3.8, 4) is 6.07 Å². The second-order valence-electron chi connectivity index (χ2n) is 3.71. The first-order valence-electron chi connectivity index (χ1n) is 4.66. The minimum atomic E-state index is -2.29. The van der Waals surface area contributed by atoms with Gasteiger partial charge in [-0.15, -0.1) is 0 Å². The number of rotatable bonds is 5. The summed E-state index contributed by atoms with van der Waals surface area (Å²) in [5.74, 6) is 0. The van der Waals surface area contributed by atoms with Crippen molar-refractivity contribution in [2.24, 2.45) is 0 Å². The highest BCUT2D eigenvalue weighted by molar-refractivity contribution is 7.63. The molecular weight excluding hydrogens is 183 g/mol. The lowest BCUT2D eigenvalue weighted by atomic mass is 10.5. The maximum absolute atomic E-state index is 12.3. The first-order valence-corrected chi connectivity index (χ1v) is 6.51. The normalized spacial score (nSPS) is 12.1. The maximum atomic E-state index is 12.3. The summed E-state index contributed by atoms with van der Waals surface area (Å²) in [4.78, 5) is 0. The minimum Gasteiger partial charge on any atom is -0.306 e. The molecule has 0 atom stereocenters. The first-order chi connectivity index (χ1) is 5.95. The highest BCUT2D eigenvalue weighted by Gasteiger charge is 2.29. The van der Waals surface area contributed by atoms with E-state index in [0.29, 0.717) is 13.0 Å². The Kier molecular flexibility index (Phi) is 5.29. The van der Waals surface area contributed by atoms with Gasteiger partial charge in [-0.2, -0.15) is 5.26 Å². The Hall–Kier alpha value is -0.320. The zero-order valence-electron chi connectivity index (χ0n) is 8.87. The molecule has 13 heavy (non-hydrogen) atoms. The predicted octanol–water partition coefficient (Wildman–Crippen LogP) is 2.58. The molecule has 0 spiro atoms. The van der Waals surface area contributed by atoms with Gasteiger partial charge in [-0.3, -0.25) is 5.09 Å². The molecule has 3 nitrogen and oxygen atoms in total. The van der Waals surface area contributed by atoms with E-state index < -0.39 is 7.29 Å². The molecule has 0 aliphatic heterocycles. The fourth-order valence-corrected chi connectivity index (χ4v) is 3.63. The summed E-state index contributed by atoms with van der Waals surface area (Å²) in [5, 5.41) is 11.4. The highest BCUT2D eigenvalue weighted by Crippen LogP contribution is 2.50.